The molecular weight excluding hydrogens is 520 g/mol. The topological polar surface area (TPSA) is 88.5 Å². The van der Waals surface area contributed by atoms with Crippen molar-refractivity contribution in [1.29, 1.82) is 0 Å². The highest BCUT2D eigenvalue weighted by Crippen LogP contribution is 2.41. The molecule has 2 heterocycles. The molecule has 8 nitrogen and oxygen atoms in total. The van der Waals surface area contributed by atoms with E-state index >= 15 is 0 Å². The van der Waals surface area contributed by atoms with Gasteiger partial charge in [0, 0.05) is 31.7 Å². The molecule has 2 aliphatic heterocycles. The first-order valence-corrected chi connectivity index (χ1v) is 14.1. The minimum atomic E-state index is -0.772. The summed E-state index contributed by atoms with van der Waals surface area (Å²) in [6.07, 6.45) is 0.877. The number of morpholine rings is 1. The number of carbonyl (C=O) groups excluding carboxylic acids is 2. The number of Topliss-reactive ketones (excluding diaryl/α,β-unsaturated/α-hetero) is 1. The van der Waals surface area contributed by atoms with Gasteiger partial charge >= 0.3 is 0 Å². The number of hydrogen-bond acceptors (Lipinski definition) is 7. The third-order valence-electron chi connectivity index (χ3n) is 7.36. The highest BCUT2D eigenvalue weighted by molar-refractivity contribution is 6.46. The van der Waals surface area contributed by atoms with Crippen LogP contribution in [0.5, 0.6) is 17.2 Å². The van der Waals surface area contributed by atoms with E-state index in [9.17, 15) is 14.7 Å². The molecule has 2 fully saturated rings. The molecule has 0 spiro atoms. The average molecular weight is 557 g/mol. The fourth-order valence-electron chi connectivity index (χ4n) is 5.23. The predicted octanol–water partition coefficient (Wildman–Crippen LogP) is 5.33. The molecule has 0 bridgehead atoms. The van der Waals surface area contributed by atoms with Crippen molar-refractivity contribution in [3.8, 4) is 17.2 Å². The van der Waals surface area contributed by atoms with Crippen LogP contribution in [0, 0.1) is 6.92 Å². The maximum absolute atomic E-state index is 13.5. The number of carbonyl (C=O) groups is 2. The van der Waals surface area contributed by atoms with Gasteiger partial charge in [0.15, 0.2) is 0 Å². The summed E-state index contributed by atoms with van der Waals surface area (Å²) in [5.41, 5.74) is 2.04. The lowest BCUT2D eigenvalue weighted by Gasteiger charge is -2.31. The van der Waals surface area contributed by atoms with Crippen LogP contribution in [0.3, 0.4) is 0 Å². The number of likely N-dealkylation sites (tertiary alicyclic amines) is 1. The molecule has 3 aromatic carbocycles. The minimum Gasteiger partial charge on any atom is -0.507 e. The lowest BCUT2D eigenvalue weighted by atomic mass is 9.94. The van der Waals surface area contributed by atoms with Gasteiger partial charge < -0.3 is 24.2 Å². The fraction of sp³-hybridized carbons (Fsp3) is 0.333. The zero-order chi connectivity index (χ0) is 28.8. The van der Waals surface area contributed by atoms with Gasteiger partial charge in [0.1, 0.15) is 23.0 Å². The van der Waals surface area contributed by atoms with Crippen molar-refractivity contribution in [2.45, 2.75) is 26.3 Å². The van der Waals surface area contributed by atoms with Crippen molar-refractivity contribution in [2.75, 3.05) is 46.0 Å². The molecule has 0 aromatic heterocycles. The maximum Gasteiger partial charge on any atom is 0.295 e. The molecule has 8 heteroatoms. The van der Waals surface area contributed by atoms with Crippen molar-refractivity contribution in [3.05, 3.63) is 95.1 Å². The Morgan fingerprint density at radius 3 is 2.44 bits per heavy atom. The lowest BCUT2D eigenvalue weighted by molar-refractivity contribution is -0.140. The number of aliphatic hydroxyl groups is 1. The van der Waals surface area contributed by atoms with Crippen LogP contribution in [0.1, 0.15) is 36.1 Å². The standard InChI is InChI=1S/C33H36N2O6/c1-3-18-40-28-13-12-25(21-23(28)2)31(36)29-30(24-8-7-11-27(22-24)41-26-9-5-4-6-10-26)35(33(38)32(29)37)15-14-34-16-19-39-20-17-34/h4-13,21-22,30,36H,3,14-20H2,1-2H3/b31-29+. The number of benzene rings is 3. The lowest BCUT2D eigenvalue weighted by Crippen LogP contribution is -2.42. The normalized spacial score (nSPS) is 19.0. The molecule has 214 valence electrons. The van der Waals surface area contributed by atoms with Gasteiger partial charge in [-0.1, -0.05) is 37.3 Å². The third kappa shape index (κ3) is 6.45. The first-order chi connectivity index (χ1) is 20.0. The van der Waals surface area contributed by atoms with Gasteiger partial charge in [0.05, 0.1) is 31.4 Å². The maximum atomic E-state index is 13.5. The van der Waals surface area contributed by atoms with E-state index in [0.29, 0.717) is 55.5 Å². The third-order valence-corrected chi connectivity index (χ3v) is 7.36. The molecule has 5 rings (SSSR count). The van der Waals surface area contributed by atoms with E-state index in [2.05, 4.69) is 4.90 Å². The van der Waals surface area contributed by atoms with Crippen LogP contribution in [0.25, 0.3) is 5.76 Å². The molecule has 1 unspecified atom stereocenters. The largest absolute Gasteiger partial charge is 0.507 e. The van der Waals surface area contributed by atoms with E-state index in [0.717, 1.165) is 30.8 Å². The molecule has 2 saturated heterocycles. The van der Waals surface area contributed by atoms with Crippen molar-refractivity contribution < 1.29 is 28.9 Å². The number of ether oxygens (including phenoxy) is 3. The van der Waals surface area contributed by atoms with E-state index < -0.39 is 17.7 Å². The Labute approximate surface area is 240 Å². The zero-order valence-electron chi connectivity index (χ0n) is 23.5. The summed E-state index contributed by atoms with van der Waals surface area (Å²) in [6, 6.07) is 21.3. The quantitative estimate of drug-likeness (QED) is 0.205. The Morgan fingerprint density at radius 2 is 1.71 bits per heavy atom. The number of aryl methyl sites for hydroxylation is 1. The molecule has 3 aromatic rings. The number of aliphatic hydroxyl groups excluding tert-OH is 1. The van der Waals surface area contributed by atoms with Crippen molar-refractivity contribution >= 4 is 17.4 Å². The second-order valence-electron chi connectivity index (χ2n) is 10.3. The highest BCUT2D eigenvalue weighted by Gasteiger charge is 2.46. The second kappa shape index (κ2) is 13.0. The number of hydrogen-bond donors (Lipinski definition) is 1. The summed E-state index contributed by atoms with van der Waals surface area (Å²) >= 11 is 0. The molecule has 1 N–H and O–H groups in total. The van der Waals surface area contributed by atoms with E-state index in [4.69, 9.17) is 14.2 Å². The number of amides is 1. The van der Waals surface area contributed by atoms with Gasteiger partial charge in [-0.05, 0) is 66.9 Å². The monoisotopic (exact) mass is 556 g/mol. The molecule has 0 saturated carbocycles. The molecule has 1 amide bonds. The minimum absolute atomic E-state index is 0.0652. The average Bonchev–Trinajstić information content (AvgIpc) is 3.25. The number of rotatable bonds is 10. The summed E-state index contributed by atoms with van der Waals surface area (Å²) in [5.74, 6) is 0.428. The van der Waals surface area contributed by atoms with Crippen LogP contribution >= 0.6 is 0 Å². The summed E-state index contributed by atoms with van der Waals surface area (Å²) < 4.78 is 17.3. The van der Waals surface area contributed by atoms with Gasteiger partial charge in [-0.15, -0.1) is 0 Å². The number of ketones is 1. The SMILES string of the molecule is CCCOc1ccc(/C(O)=C2\C(=O)C(=O)N(CCN3CCOCC3)C2c2cccc(Oc3ccccc3)c2)cc1C. The molecule has 0 radical (unpaired) electrons. The summed E-state index contributed by atoms with van der Waals surface area (Å²) in [6.45, 7) is 8.24. The Kier molecular flexibility index (Phi) is 9.01. The van der Waals surface area contributed by atoms with E-state index in [1.807, 2.05) is 68.4 Å². The Morgan fingerprint density at radius 1 is 0.951 bits per heavy atom. The van der Waals surface area contributed by atoms with Gasteiger partial charge in [-0.2, -0.15) is 0 Å². The Bertz CT molecular complexity index is 1410. The van der Waals surface area contributed by atoms with E-state index in [1.165, 1.54) is 0 Å². The second-order valence-corrected chi connectivity index (χ2v) is 10.3. The summed E-state index contributed by atoms with van der Waals surface area (Å²) in [7, 11) is 0. The van der Waals surface area contributed by atoms with Crippen LogP contribution in [0.15, 0.2) is 78.4 Å². The van der Waals surface area contributed by atoms with Gasteiger partial charge in [0.25, 0.3) is 11.7 Å². The fourth-order valence-corrected chi connectivity index (χ4v) is 5.23. The van der Waals surface area contributed by atoms with Gasteiger partial charge in [-0.3, -0.25) is 14.5 Å². The van der Waals surface area contributed by atoms with E-state index in [-0.39, 0.29) is 11.3 Å². The Hall–Kier alpha value is -4.14. The van der Waals surface area contributed by atoms with Crippen LogP contribution in [-0.4, -0.2) is 72.6 Å². The van der Waals surface area contributed by atoms with Crippen molar-refractivity contribution in [2.24, 2.45) is 0 Å². The zero-order valence-corrected chi connectivity index (χ0v) is 23.5. The highest BCUT2D eigenvalue weighted by atomic mass is 16.5. The van der Waals surface area contributed by atoms with Crippen LogP contribution < -0.4 is 9.47 Å². The van der Waals surface area contributed by atoms with Crippen molar-refractivity contribution in [3.63, 3.8) is 0 Å². The summed E-state index contributed by atoms with van der Waals surface area (Å²) in [5, 5.41) is 11.6. The number of para-hydroxylation sites is 1. The van der Waals surface area contributed by atoms with Crippen LogP contribution in [0.4, 0.5) is 0 Å². The predicted molar refractivity (Wildman–Crippen MR) is 156 cm³/mol. The van der Waals surface area contributed by atoms with Crippen LogP contribution in [-0.2, 0) is 14.3 Å². The summed E-state index contributed by atoms with van der Waals surface area (Å²) in [4.78, 5) is 30.8. The van der Waals surface area contributed by atoms with Gasteiger partial charge in [0.2, 0.25) is 0 Å². The van der Waals surface area contributed by atoms with Gasteiger partial charge in [-0.25, -0.2) is 0 Å². The molecular formula is C33H36N2O6. The van der Waals surface area contributed by atoms with Crippen LogP contribution in [0.2, 0.25) is 0 Å². The van der Waals surface area contributed by atoms with Crippen molar-refractivity contribution in [1.82, 2.24) is 9.80 Å². The molecule has 1 atom stereocenters. The number of nitrogens with zero attached hydrogens (tertiary/aromatic N) is 2. The Balaban J connectivity index is 1.53. The van der Waals surface area contributed by atoms with E-state index in [1.54, 1.807) is 23.1 Å². The first kappa shape index (κ1) is 28.4. The first-order valence-electron chi connectivity index (χ1n) is 14.1. The molecule has 0 aliphatic carbocycles. The molecule has 41 heavy (non-hydrogen) atoms. The smallest absolute Gasteiger partial charge is 0.295 e. The molecule has 2 aliphatic rings.